The molecule has 0 spiro atoms. The molecule has 0 fully saturated rings. The van der Waals surface area contributed by atoms with E-state index in [0.29, 0.717) is 25.9 Å². The molecule has 0 aliphatic carbocycles. The van der Waals surface area contributed by atoms with Gasteiger partial charge in [0.2, 0.25) is 5.91 Å². The minimum atomic E-state index is -0.793. The number of carbonyl (C=O) groups excluding carboxylic acids is 1. The maximum absolute atomic E-state index is 11.8. The number of amides is 1. The second-order valence-corrected chi connectivity index (χ2v) is 5.52. The summed E-state index contributed by atoms with van der Waals surface area (Å²) in [5, 5.41) is 11.7. The highest BCUT2D eigenvalue weighted by Crippen LogP contribution is 2.10. The number of carboxylic acids is 1. The Morgan fingerprint density at radius 3 is 2.71 bits per heavy atom. The van der Waals surface area contributed by atoms with Gasteiger partial charge in [-0.1, -0.05) is 19.1 Å². The van der Waals surface area contributed by atoms with Crippen LogP contribution >= 0.6 is 0 Å². The number of benzene rings is 1. The molecular weight excluding hydrogens is 268 g/mol. The number of aryl methyl sites for hydroxylation is 1. The Balaban J connectivity index is 2.26. The van der Waals surface area contributed by atoms with Gasteiger partial charge in [0, 0.05) is 18.7 Å². The number of hydrogen-bond donors (Lipinski definition) is 2. The molecule has 21 heavy (non-hydrogen) atoms. The summed E-state index contributed by atoms with van der Waals surface area (Å²) in [5.41, 5.74) is 1.92. The highest BCUT2D eigenvalue weighted by molar-refractivity contribution is 5.90. The fourth-order valence-corrected chi connectivity index (χ4v) is 2.09. The lowest BCUT2D eigenvalue weighted by Crippen LogP contribution is -2.29. The summed E-state index contributed by atoms with van der Waals surface area (Å²) in [7, 11) is 1.87. The van der Waals surface area contributed by atoms with Crippen LogP contribution in [-0.2, 0) is 9.59 Å². The summed E-state index contributed by atoms with van der Waals surface area (Å²) in [5.74, 6) is -1.20. The molecule has 1 atom stereocenters. The first-order valence-corrected chi connectivity index (χ1v) is 7.16. The van der Waals surface area contributed by atoms with Gasteiger partial charge in [-0.3, -0.25) is 9.59 Å². The van der Waals surface area contributed by atoms with Crippen LogP contribution in [0.4, 0.5) is 5.69 Å². The normalized spacial score (nSPS) is 12.2. The van der Waals surface area contributed by atoms with Crippen LogP contribution in [0, 0.1) is 12.8 Å². The Morgan fingerprint density at radius 2 is 2.10 bits per heavy atom. The number of rotatable bonds is 8. The summed E-state index contributed by atoms with van der Waals surface area (Å²) < 4.78 is 0. The first-order valence-electron chi connectivity index (χ1n) is 7.16. The van der Waals surface area contributed by atoms with Crippen LogP contribution in [0.5, 0.6) is 0 Å². The fourth-order valence-electron chi connectivity index (χ4n) is 2.09. The van der Waals surface area contributed by atoms with E-state index in [0.717, 1.165) is 11.3 Å². The summed E-state index contributed by atoms with van der Waals surface area (Å²) in [6, 6.07) is 7.68. The first-order chi connectivity index (χ1) is 9.88. The van der Waals surface area contributed by atoms with E-state index in [2.05, 4.69) is 5.32 Å². The lowest BCUT2D eigenvalue weighted by molar-refractivity contribution is -0.141. The Bertz CT molecular complexity index is 488. The molecule has 1 aromatic carbocycles. The van der Waals surface area contributed by atoms with Crippen LogP contribution in [0.15, 0.2) is 24.3 Å². The van der Waals surface area contributed by atoms with Crippen LogP contribution in [0.2, 0.25) is 0 Å². The molecule has 1 aromatic rings. The molecule has 5 heteroatoms. The molecule has 0 saturated heterocycles. The minimum absolute atomic E-state index is 0.0136. The second kappa shape index (κ2) is 8.42. The molecule has 1 rings (SSSR count). The third kappa shape index (κ3) is 6.90. The molecule has 0 saturated carbocycles. The number of carboxylic acid groups (broad SMARTS) is 1. The first kappa shape index (κ1) is 17.2. The van der Waals surface area contributed by atoms with Crippen molar-refractivity contribution in [1.82, 2.24) is 4.90 Å². The van der Waals surface area contributed by atoms with Crippen molar-refractivity contribution in [2.45, 2.75) is 26.7 Å². The fraction of sp³-hybridized carbons (Fsp3) is 0.500. The number of nitrogens with one attached hydrogen (secondary N) is 1. The zero-order valence-corrected chi connectivity index (χ0v) is 12.9. The molecule has 116 valence electrons. The quantitative estimate of drug-likeness (QED) is 0.771. The number of carbonyl (C=O) groups is 2. The van der Waals surface area contributed by atoms with E-state index < -0.39 is 11.9 Å². The van der Waals surface area contributed by atoms with Crippen molar-refractivity contribution in [1.29, 1.82) is 0 Å². The van der Waals surface area contributed by atoms with E-state index in [-0.39, 0.29) is 5.91 Å². The summed E-state index contributed by atoms with van der Waals surface area (Å²) in [6.07, 6.45) is 1.14. The van der Waals surface area contributed by atoms with Crippen molar-refractivity contribution in [3.8, 4) is 0 Å². The number of nitrogens with zero attached hydrogens (tertiary/aromatic N) is 1. The molecule has 2 N–H and O–H groups in total. The smallest absolute Gasteiger partial charge is 0.307 e. The van der Waals surface area contributed by atoms with Crippen LogP contribution in [0.3, 0.4) is 0 Å². The lowest BCUT2D eigenvalue weighted by Gasteiger charge is -2.18. The lowest BCUT2D eigenvalue weighted by atomic mass is 10.1. The molecule has 0 bridgehead atoms. The zero-order chi connectivity index (χ0) is 15.8. The highest BCUT2D eigenvalue weighted by atomic mass is 16.4. The third-order valence-corrected chi connectivity index (χ3v) is 3.25. The van der Waals surface area contributed by atoms with Crippen molar-refractivity contribution in [2.75, 3.05) is 25.5 Å². The van der Waals surface area contributed by atoms with Gasteiger partial charge in [0.05, 0.1) is 5.92 Å². The van der Waals surface area contributed by atoms with E-state index in [1.165, 1.54) is 0 Å². The van der Waals surface area contributed by atoms with Crippen molar-refractivity contribution < 1.29 is 14.7 Å². The van der Waals surface area contributed by atoms with Gasteiger partial charge in [0.25, 0.3) is 0 Å². The second-order valence-electron chi connectivity index (χ2n) is 5.52. The predicted octanol–water partition coefficient (Wildman–Crippen LogP) is 2.37. The van der Waals surface area contributed by atoms with Gasteiger partial charge in [-0.25, -0.2) is 0 Å². The summed E-state index contributed by atoms with van der Waals surface area (Å²) in [4.78, 5) is 24.5. The van der Waals surface area contributed by atoms with E-state index >= 15 is 0 Å². The van der Waals surface area contributed by atoms with E-state index in [9.17, 15) is 9.59 Å². The minimum Gasteiger partial charge on any atom is -0.481 e. The number of hydrogen-bond acceptors (Lipinski definition) is 3. The van der Waals surface area contributed by atoms with Gasteiger partial charge in [-0.15, -0.1) is 0 Å². The Hall–Kier alpha value is -1.88. The average Bonchev–Trinajstić information content (AvgIpc) is 2.38. The van der Waals surface area contributed by atoms with Crippen molar-refractivity contribution in [3.05, 3.63) is 29.8 Å². The molecule has 0 aromatic heterocycles. The van der Waals surface area contributed by atoms with Crippen LogP contribution in [0.25, 0.3) is 0 Å². The van der Waals surface area contributed by atoms with Crippen molar-refractivity contribution in [3.63, 3.8) is 0 Å². The maximum atomic E-state index is 11.8. The summed E-state index contributed by atoms with van der Waals surface area (Å²) in [6.45, 7) is 4.87. The maximum Gasteiger partial charge on any atom is 0.307 e. The Labute approximate surface area is 126 Å². The Morgan fingerprint density at radius 1 is 1.38 bits per heavy atom. The van der Waals surface area contributed by atoms with Crippen LogP contribution < -0.4 is 5.32 Å². The van der Waals surface area contributed by atoms with E-state index in [1.54, 1.807) is 6.92 Å². The molecule has 0 aliphatic heterocycles. The highest BCUT2D eigenvalue weighted by Gasteiger charge is 2.13. The molecule has 5 nitrogen and oxygen atoms in total. The van der Waals surface area contributed by atoms with Gasteiger partial charge in [-0.05, 0) is 44.6 Å². The van der Waals surface area contributed by atoms with Gasteiger partial charge < -0.3 is 15.3 Å². The van der Waals surface area contributed by atoms with Gasteiger partial charge >= 0.3 is 5.97 Å². The van der Waals surface area contributed by atoms with Crippen LogP contribution in [0.1, 0.15) is 25.3 Å². The third-order valence-electron chi connectivity index (χ3n) is 3.25. The summed E-state index contributed by atoms with van der Waals surface area (Å²) >= 11 is 0. The average molecular weight is 292 g/mol. The van der Waals surface area contributed by atoms with E-state index in [1.807, 2.05) is 43.1 Å². The van der Waals surface area contributed by atoms with Crippen molar-refractivity contribution >= 4 is 17.6 Å². The molecular formula is C16H24N2O3. The van der Waals surface area contributed by atoms with Crippen molar-refractivity contribution in [2.24, 2.45) is 5.92 Å². The monoisotopic (exact) mass is 292 g/mol. The van der Waals surface area contributed by atoms with Gasteiger partial charge in [0.15, 0.2) is 0 Å². The SMILES string of the molecule is Cc1cccc(NC(=O)CCCN(C)CC(C)C(=O)O)c1. The molecule has 1 unspecified atom stereocenters. The molecule has 0 radical (unpaired) electrons. The van der Waals surface area contributed by atoms with Crippen LogP contribution in [-0.4, -0.2) is 42.0 Å². The molecule has 1 amide bonds. The molecule has 0 aliphatic rings. The molecule has 0 heterocycles. The topological polar surface area (TPSA) is 69.6 Å². The largest absolute Gasteiger partial charge is 0.481 e. The number of aliphatic carboxylic acids is 1. The number of anilines is 1. The Kier molecular flexibility index (Phi) is 6.88. The van der Waals surface area contributed by atoms with Gasteiger partial charge in [-0.2, -0.15) is 0 Å². The zero-order valence-electron chi connectivity index (χ0n) is 12.9. The standard InChI is InChI=1S/C16H24N2O3/c1-12-6-4-7-14(10-12)17-15(19)8-5-9-18(3)11-13(2)16(20)21/h4,6-7,10,13H,5,8-9,11H2,1-3H3,(H,17,19)(H,20,21). The van der Waals surface area contributed by atoms with Gasteiger partial charge in [0.1, 0.15) is 0 Å². The van der Waals surface area contributed by atoms with E-state index in [4.69, 9.17) is 5.11 Å². The predicted molar refractivity (Wildman–Crippen MR) is 83.3 cm³/mol.